The van der Waals surface area contributed by atoms with Crippen molar-refractivity contribution >= 4 is 5.69 Å². The number of aliphatic hydroxyl groups excluding tert-OH is 1. The molecule has 0 spiro atoms. The van der Waals surface area contributed by atoms with E-state index in [1.807, 2.05) is 50.2 Å². The molecule has 0 aliphatic rings. The number of anilines is 1. The smallest absolute Gasteiger partial charge is 0.125 e. The summed E-state index contributed by atoms with van der Waals surface area (Å²) in [6.45, 7) is 5.50. The van der Waals surface area contributed by atoms with Crippen LogP contribution in [0.5, 0.6) is 0 Å². The molecule has 2 atom stereocenters. The summed E-state index contributed by atoms with van der Waals surface area (Å²) in [6, 6.07) is 16.2. The monoisotopic (exact) mass is 287 g/mol. The van der Waals surface area contributed by atoms with Gasteiger partial charge in [-0.15, -0.1) is 0 Å². The zero-order valence-electron chi connectivity index (χ0n) is 12.5. The third-order valence-electron chi connectivity index (χ3n) is 3.74. The van der Waals surface area contributed by atoms with Crippen LogP contribution in [-0.2, 0) is 0 Å². The average molecular weight is 287 g/mol. The highest BCUT2D eigenvalue weighted by atomic mass is 19.1. The molecule has 0 aliphatic carbocycles. The number of hydrogen-bond acceptors (Lipinski definition) is 2. The molecule has 0 saturated heterocycles. The molecule has 0 radical (unpaired) electrons. The Bertz CT molecular complexity index is 558. The molecule has 0 bridgehead atoms. The molecular weight excluding hydrogens is 265 g/mol. The van der Waals surface area contributed by atoms with E-state index in [-0.39, 0.29) is 11.7 Å². The normalized spacial score (nSPS) is 13.7. The molecule has 21 heavy (non-hydrogen) atoms. The van der Waals surface area contributed by atoms with E-state index in [9.17, 15) is 9.50 Å². The van der Waals surface area contributed by atoms with Crippen molar-refractivity contribution < 1.29 is 9.50 Å². The Balaban J connectivity index is 2.08. The van der Waals surface area contributed by atoms with Crippen molar-refractivity contribution in [2.24, 2.45) is 5.92 Å². The number of hydrogen-bond donors (Lipinski definition) is 1. The van der Waals surface area contributed by atoms with Gasteiger partial charge in [-0.1, -0.05) is 43.3 Å². The average Bonchev–Trinajstić information content (AvgIpc) is 2.52. The van der Waals surface area contributed by atoms with Gasteiger partial charge in [0.2, 0.25) is 0 Å². The minimum atomic E-state index is -0.520. The second-order valence-corrected chi connectivity index (χ2v) is 5.35. The van der Waals surface area contributed by atoms with E-state index < -0.39 is 6.10 Å². The van der Waals surface area contributed by atoms with E-state index in [1.165, 1.54) is 12.1 Å². The minimum Gasteiger partial charge on any atom is -0.388 e. The Hall–Kier alpha value is -1.87. The summed E-state index contributed by atoms with van der Waals surface area (Å²) in [6.07, 6.45) is -0.520. The molecule has 0 fully saturated rings. The summed E-state index contributed by atoms with van der Waals surface area (Å²) in [5, 5.41) is 10.4. The fraction of sp³-hybridized carbons (Fsp3) is 0.333. The van der Waals surface area contributed by atoms with E-state index in [4.69, 9.17) is 0 Å². The van der Waals surface area contributed by atoms with Crippen molar-refractivity contribution in [3.8, 4) is 0 Å². The van der Waals surface area contributed by atoms with Gasteiger partial charge in [-0.05, 0) is 30.7 Å². The fourth-order valence-corrected chi connectivity index (χ4v) is 2.52. The van der Waals surface area contributed by atoms with Crippen molar-refractivity contribution in [3.63, 3.8) is 0 Å². The Morgan fingerprint density at radius 1 is 1.10 bits per heavy atom. The minimum absolute atomic E-state index is 0.0515. The van der Waals surface area contributed by atoms with Crippen LogP contribution in [0.1, 0.15) is 25.5 Å². The van der Waals surface area contributed by atoms with Crippen LogP contribution in [0.3, 0.4) is 0 Å². The van der Waals surface area contributed by atoms with Gasteiger partial charge >= 0.3 is 0 Å². The summed E-state index contributed by atoms with van der Waals surface area (Å²) in [5.74, 6) is -0.183. The molecule has 2 unspecified atom stereocenters. The van der Waals surface area contributed by atoms with Gasteiger partial charge in [0, 0.05) is 24.7 Å². The van der Waals surface area contributed by atoms with Gasteiger partial charge in [-0.2, -0.15) is 0 Å². The third kappa shape index (κ3) is 4.05. The molecule has 0 aliphatic heterocycles. The van der Waals surface area contributed by atoms with Crippen LogP contribution in [0, 0.1) is 11.7 Å². The summed E-state index contributed by atoms with van der Waals surface area (Å²) in [5.41, 5.74) is 1.77. The van der Waals surface area contributed by atoms with Crippen molar-refractivity contribution in [2.75, 3.05) is 18.0 Å². The summed E-state index contributed by atoms with van der Waals surface area (Å²) >= 11 is 0. The lowest BCUT2D eigenvalue weighted by molar-refractivity contribution is 0.120. The predicted molar refractivity (Wildman–Crippen MR) is 84.9 cm³/mol. The topological polar surface area (TPSA) is 23.5 Å². The van der Waals surface area contributed by atoms with Gasteiger partial charge in [0.1, 0.15) is 5.82 Å². The lowest BCUT2D eigenvalue weighted by Crippen LogP contribution is -2.31. The van der Waals surface area contributed by atoms with Gasteiger partial charge in [-0.25, -0.2) is 4.39 Å². The first-order valence-electron chi connectivity index (χ1n) is 7.35. The van der Waals surface area contributed by atoms with Gasteiger partial charge < -0.3 is 10.0 Å². The Morgan fingerprint density at radius 2 is 1.81 bits per heavy atom. The van der Waals surface area contributed by atoms with E-state index in [1.54, 1.807) is 6.07 Å². The van der Waals surface area contributed by atoms with E-state index in [2.05, 4.69) is 4.90 Å². The first-order valence-corrected chi connectivity index (χ1v) is 7.35. The lowest BCUT2D eigenvalue weighted by Gasteiger charge is -2.29. The second kappa shape index (κ2) is 7.23. The van der Waals surface area contributed by atoms with Crippen molar-refractivity contribution in [1.82, 2.24) is 0 Å². The van der Waals surface area contributed by atoms with Crippen LogP contribution in [-0.4, -0.2) is 18.2 Å². The molecule has 3 heteroatoms. The molecular formula is C18H22FNO. The van der Waals surface area contributed by atoms with Crippen LogP contribution in [0.15, 0.2) is 54.6 Å². The quantitative estimate of drug-likeness (QED) is 0.867. The van der Waals surface area contributed by atoms with Crippen LogP contribution in [0.2, 0.25) is 0 Å². The van der Waals surface area contributed by atoms with Gasteiger partial charge in [-0.3, -0.25) is 0 Å². The molecule has 2 aromatic rings. The van der Waals surface area contributed by atoms with Gasteiger partial charge in [0.25, 0.3) is 0 Å². The molecule has 0 aromatic heterocycles. The van der Waals surface area contributed by atoms with Crippen molar-refractivity contribution in [1.29, 1.82) is 0 Å². The Kier molecular flexibility index (Phi) is 5.34. The van der Waals surface area contributed by atoms with Crippen LogP contribution >= 0.6 is 0 Å². The third-order valence-corrected chi connectivity index (χ3v) is 3.74. The SMILES string of the molecule is CCN(CC(C)C(O)c1ccccc1)c1cccc(F)c1. The molecule has 2 aromatic carbocycles. The van der Waals surface area contributed by atoms with Gasteiger partial charge in [0.05, 0.1) is 6.10 Å². The van der Waals surface area contributed by atoms with E-state index in [0.29, 0.717) is 6.54 Å². The Morgan fingerprint density at radius 3 is 2.43 bits per heavy atom. The van der Waals surface area contributed by atoms with Crippen LogP contribution in [0.25, 0.3) is 0 Å². The number of nitrogens with zero attached hydrogens (tertiary/aromatic N) is 1. The van der Waals surface area contributed by atoms with Crippen molar-refractivity contribution in [3.05, 3.63) is 66.0 Å². The molecule has 0 heterocycles. The summed E-state index contributed by atoms with van der Waals surface area (Å²) in [7, 11) is 0. The molecule has 112 valence electrons. The first-order chi connectivity index (χ1) is 10.1. The number of benzene rings is 2. The highest BCUT2D eigenvalue weighted by molar-refractivity contribution is 5.46. The molecule has 0 amide bonds. The Labute approximate surface area is 125 Å². The zero-order valence-corrected chi connectivity index (χ0v) is 12.5. The highest BCUT2D eigenvalue weighted by Gasteiger charge is 2.19. The zero-order chi connectivity index (χ0) is 15.2. The lowest BCUT2D eigenvalue weighted by atomic mass is 9.96. The predicted octanol–water partition coefficient (Wildman–Crippen LogP) is 4.02. The highest BCUT2D eigenvalue weighted by Crippen LogP contribution is 2.24. The molecule has 2 rings (SSSR count). The largest absolute Gasteiger partial charge is 0.388 e. The van der Waals surface area contributed by atoms with E-state index >= 15 is 0 Å². The number of rotatable bonds is 6. The van der Waals surface area contributed by atoms with E-state index in [0.717, 1.165) is 17.8 Å². The molecule has 2 nitrogen and oxygen atoms in total. The molecule has 1 N–H and O–H groups in total. The van der Waals surface area contributed by atoms with Crippen molar-refractivity contribution in [2.45, 2.75) is 20.0 Å². The summed E-state index contributed by atoms with van der Waals surface area (Å²) in [4.78, 5) is 2.08. The van der Waals surface area contributed by atoms with Gasteiger partial charge in [0.15, 0.2) is 0 Å². The standard InChI is InChI=1S/C18H22FNO/c1-3-20(17-11-7-10-16(19)12-17)13-14(2)18(21)15-8-5-4-6-9-15/h4-12,14,18,21H,3,13H2,1-2H3. The summed E-state index contributed by atoms with van der Waals surface area (Å²) < 4.78 is 13.3. The maximum Gasteiger partial charge on any atom is 0.125 e. The first kappa shape index (κ1) is 15.5. The number of halogens is 1. The number of aliphatic hydroxyl groups is 1. The molecule has 0 saturated carbocycles. The second-order valence-electron chi connectivity index (χ2n) is 5.35. The fourth-order valence-electron chi connectivity index (χ4n) is 2.52. The van der Waals surface area contributed by atoms with Crippen LogP contribution in [0.4, 0.5) is 10.1 Å². The maximum atomic E-state index is 13.3. The van der Waals surface area contributed by atoms with Crippen LogP contribution < -0.4 is 4.90 Å². The maximum absolute atomic E-state index is 13.3.